The Labute approximate surface area is 154 Å². The molecule has 1 N–H and O–H groups in total. The highest BCUT2D eigenvalue weighted by molar-refractivity contribution is 14.1. The van der Waals surface area contributed by atoms with Crippen LogP contribution in [0.3, 0.4) is 0 Å². The lowest BCUT2D eigenvalue weighted by atomic mass is 10.3. The molecule has 0 aliphatic rings. The molecule has 2 aromatic rings. The molecule has 2 heterocycles. The topological polar surface area (TPSA) is 85.0 Å². The zero-order valence-electron chi connectivity index (χ0n) is 14.2. The van der Waals surface area contributed by atoms with Gasteiger partial charge in [0.05, 0.1) is 21.1 Å². The molecule has 0 bridgehead atoms. The molecule has 0 radical (unpaired) electrons. The van der Waals surface area contributed by atoms with Crippen LogP contribution in [0.5, 0.6) is 0 Å². The van der Waals surface area contributed by atoms with Crippen LogP contribution in [-0.2, 0) is 17.9 Å². The number of halogens is 1. The van der Waals surface area contributed by atoms with Crippen molar-refractivity contribution in [1.29, 1.82) is 0 Å². The van der Waals surface area contributed by atoms with Crippen molar-refractivity contribution in [2.24, 2.45) is 0 Å². The van der Waals surface area contributed by atoms with Gasteiger partial charge in [0.1, 0.15) is 5.69 Å². The van der Waals surface area contributed by atoms with Gasteiger partial charge < -0.3 is 10.2 Å². The maximum atomic E-state index is 12.3. The summed E-state index contributed by atoms with van der Waals surface area (Å²) in [4.78, 5) is 26.0. The van der Waals surface area contributed by atoms with Gasteiger partial charge in [-0.15, -0.1) is 0 Å². The molecule has 0 aliphatic heterocycles. The monoisotopic (exact) mass is 444 g/mol. The van der Waals surface area contributed by atoms with Crippen molar-refractivity contribution in [3.05, 3.63) is 27.4 Å². The number of nitrogens with one attached hydrogen (secondary N) is 1. The fourth-order valence-corrected chi connectivity index (χ4v) is 2.62. The van der Waals surface area contributed by atoms with Crippen molar-refractivity contribution in [2.75, 3.05) is 19.4 Å². The zero-order valence-corrected chi connectivity index (χ0v) is 16.4. The van der Waals surface area contributed by atoms with Gasteiger partial charge in [-0.25, -0.2) is 0 Å². The number of carbonyl (C=O) groups excluding carboxylic acids is 2. The lowest BCUT2D eigenvalue weighted by Crippen LogP contribution is -2.26. The van der Waals surface area contributed by atoms with Crippen molar-refractivity contribution < 1.29 is 9.59 Å². The summed E-state index contributed by atoms with van der Waals surface area (Å²) in [6.45, 7) is 4.85. The van der Waals surface area contributed by atoms with E-state index in [0.29, 0.717) is 24.5 Å². The van der Waals surface area contributed by atoms with Gasteiger partial charge in [-0.1, -0.05) is 0 Å². The van der Waals surface area contributed by atoms with Crippen LogP contribution in [0.2, 0.25) is 0 Å². The van der Waals surface area contributed by atoms with E-state index in [-0.39, 0.29) is 18.2 Å². The number of rotatable bonds is 6. The molecule has 0 aromatic carbocycles. The van der Waals surface area contributed by atoms with Crippen LogP contribution < -0.4 is 5.32 Å². The molecule has 130 valence electrons. The molecule has 0 atom stereocenters. The lowest BCUT2D eigenvalue weighted by molar-refractivity contribution is -0.116. The maximum Gasteiger partial charge on any atom is 0.273 e. The zero-order chi connectivity index (χ0) is 17.9. The molecule has 0 unspecified atom stereocenters. The third kappa shape index (κ3) is 4.13. The minimum absolute atomic E-state index is 0.179. The van der Waals surface area contributed by atoms with E-state index in [1.807, 2.05) is 20.0 Å². The van der Waals surface area contributed by atoms with Gasteiger partial charge in [0.15, 0.2) is 0 Å². The quantitative estimate of drug-likeness (QED) is 0.689. The standard InChI is InChI=1S/C15H21IN6O2/c1-5-22-14(15(24)20(3)4)12(8-17-22)18-13(23)6-7-21-9-11(16)10(2)19-21/h8-9H,5-7H2,1-4H3,(H,18,23). The van der Waals surface area contributed by atoms with Gasteiger partial charge in [0.25, 0.3) is 5.91 Å². The van der Waals surface area contributed by atoms with Crippen LogP contribution in [0.4, 0.5) is 5.69 Å². The second-order valence-electron chi connectivity index (χ2n) is 5.55. The fourth-order valence-electron chi connectivity index (χ4n) is 2.19. The van der Waals surface area contributed by atoms with Gasteiger partial charge in [-0.3, -0.25) is 19.0 Å². The smallest absolute Gasteiger partial charge is 0.273 e. The van der Waals surface area contributed by atoms with Crippen molar-refractivity contribution in [3.8, 4) is 0 Å². The molecular formula is C15H21IN6O2. The van der Waals surface area contributed by atoms with E-state index in [9.17, 15) is 9.59 Å². The van der Waals surface area contributed by atoms with Gasteiger partial charge >= 0.3 is 0 Å². The van der Waals surface area contributed by atoms with Crippen molar-refractivity contribution >= 4 is 40.1 Å². The summed E-state index contributed by atoms with van der Waals surface area (Å²) in [5.41, 5.74) is 1.77. The Morgan fingerprint density at radius 1 is 1.38 bits per heavy atom. The first-order valence-corrected chi connectivity index (χ1v) is 8.68. The second kappa shape index (κ2) is 7.77. The largest absolute Gasteiger partial charge is 0.343 e. The Bertz CT molecular complexity index is 730. The van der Waals surface area contributed by atoms with E-state index >= 15 is 0 Å². The number of aryl methyl sites for hydroxylation is 3. The van der Waals surface area contributed by atoms with Crippen molar-refractivity contribution in [2.45, 2.75) is 33.4 Å². The average molecular weight is 444 g/mol. The molecule has 2 rings (SSSR count). The van der Waals surface area contributed by atoms with Gasteiger partial charge in [-0.05, 0) is 36.4 Å². The highest BCUT2D eigenvalue weighted by atomic mass is 127. The first kappa shape index (κ1) is 18.4. The van der Waals surface area contributed by atoms with E-state index in [0.717, 1.165) is 9.26 Å². The predicted octanol–water partition coefficient (Wildman–Crippen LogP) is 1.74. The summed E-state index contributed by atoms with van der Waals surface area (Å²) in [5, 5.41) is 11.3. The van der Waals surface area contributed by atoms with Crippen LogP contribution in [0.1, 0.15) is 29.5 Å². The minimum atomic E-state index is -0.193. The van der Waals surface area contributed by atoms with E-state index in [2.05, 4.69) is 38.1 Å². The highest BCUT2D eigenvalue weighted by Gasteiger charge is 2.21. The molecule has 9 heteroatoms. The number of carbonyl (C=O) groups is 2. The van der Waals surface area contributed by atoms with E-state index in [1.54, 1.807) is 23.5 Å². The summed E-state index contributed by atoms with van der Waals surface area (Å²) in [6, 6.07) is 0. The Balaban J connectivity index is 2.06. The highest BCUT2D eigenvalue weighted by Crippen LogP contribution is 2.17. The number of hydrogen-bond donors (Lipinski definition) is 1. The summed E-state index contributed by atoms with van der Waals surface area (Å²) < 4.78 is 4.39. The number of amides is 2. The van der Waals surface area contributed by atoms with Gasteiger partial charge in [-0.2, -0.15) is 10.2 Å². The summed E-state index contributed by atoms with van der Waals surface area (Å²) in [6.07, 6.45) is 3.68. The molecule has 0 aliphatic carbocycles. The van der Waals surface area contributed by atoms with Crippen LogP contribution in [0.25, 0.3) is 0 Å². The van der Waals surface area contributed by atoms with Crippen LogP contribution in [-0.4, -0.2) is 50.4 Å². The molecule has 0 spiro atoms. The molecule has 2 amide bonds. The number of nitrogens with zero attached hydrogens (tertiary/aromatic N) is 5. The minimum Gasteiger partial charge on any atom is -0.343 e. The molecule has 2 aromatic heterocycles. The predicted molar refractivity (Wildman–Crippen MR) is 98.8 cm³/mol. The molecular weight excluding hydrogens is 423 g/mol. The molecule has 0 saturated carbocycles. The Hall–Kier alpha value is -1.91. The first-order chi connectivity index (χ1) is 11.3. The molecule has 24 heavy (non-hydrogen) atoms. The third-order valence-electron chi connectivity index (χ3n) is 3.48. The first-order valence-electron chi connectivity index (χ1n) is 7.60. The van der Waals surface area contributed by atoms with Crippen molar-refractivity contribution in [1.82, 2.24) is 24.5 Å². The van der Waals surface area contributed by atoms with E-state index < -0.39 is 0 Å². The average Bonchev–Trinajstić information content (AvgIpc) is 3.07. The molecule has 8 nitrogen and oxygen atoms in total. The lowest BCUT2D eigenvalue weighted by Gasteiger charge is -2.13. The SMILES string of the molecule is CCn1ncc(NC(=O)CCn2cc(I)c(C)n2)c1C(=O)N(C)C. The number of hydrogen-bond acceptors (Lipinski definition) is 4. The van der Waals surface area contributed by atoms with Crippen molar-refractivity contribution in [3.63, 3.8) is 0 Å². The summed E-state index contributed by atoms with van der Waals surface area (Å²) in [7, 11) is 3.34. The maximum absolute atomic E-state index is 12.3. The van der Waals surface area contributed by atoms with Crippen LogP contribution in [0, 0.1) is 10.5 Å². The number of anilines is 1. The number of aromatic nitrogens is 4. The van der Waals surface area contributed by atoms with Gasteiger partial charge in [0.2, 0.25) is 5.91 Å². The summed E-state index contributed by atoms with van der Waals surface area (Å²) >= 11 is 2.21. The van der Waals surface area contributed by atoms with Crippen LogP contribution in [0.15, 0.2) is 12.4 Å². The Kier molecular flexibility index (Phi) is 5.97. The van der Waals surface area contributed by atoms with E-state index in [4.69, 9.17) is 0 Å². The normalized spacial score (nSPS) is 10.7. The Morgan fingerprint density at radius 3 is 2.62 bits per heavy atom. The van der Waals surface area contributed by atoms with E-state index in [1.165, 1.54) is 11.1 Å². The molecule has 0 fully saturated rings. The fraction of sp³-hybridized carbons (Fsp3) is 0.467. The van der Waals surface area contributed by atoms with Gasteiger partial charge in [0, 0.05) is 39.8 Å². The summed E-state index contributed by atoms with van der Waals surface area (Å²) in [5.74, 6) is -0.372. The Morgan fingerprint density at radius 2 is 2.08 bits per heavy atom. The second-order valence-corrected chi connectivity index (χ2v) is 6.71. The third-order valence-corrected chi connectivity index (χ3v) is 4.54. The molecule has 0 saturated heterocycles. The van der Waals surface area contributed by atoms with Crippen LogP contribution >= 0.6 is 22.6 Å².